The molecule has 0 aromatic carbocycles. The van der Waals surface area contributed by atoms with Gasteiger partial charge >= 0.3 is 0 Å². The predicted octanol–water partition coefficient (Wildman–Crippen LogP) is 1.42. The average Bonchev–Trinajstić information content (AvgIpc) is 2.59. The van der Waals surface area contributed by atoms with E-state index in [0.29, 0.717) is 17.2 Å². The average molecular weight is 231 g/mol. The first-order valence-electron chi connectivity index (χ1n) is 5.00. The molecule has 1 unspecified atom stereocenters. The molecule has 5 nitrogen and oxygen atoms in total. The minimum Gasteiger partial charge on any atom is -0.388 e. The van der Waals surface area contributed by atoms with Gasteiger partial charge < -0.3 is 9.84 Å². The lowest BCUT2D eigenvalue weighted by Gasteiger charge is -2.18. The summed E-state index contributed by atoms with van der Waals surface area (Å²) in [5.41, 5.74) is 0. The van der Waals surface area contributed by atoms with Gasteiger partial charge in [0.2, 0.25) is 0 Å². The van der Waals surface area contributed by atoms with Crippen molar-refractivity contribution in [3.05, 3.63) is 10.6 Å². The first kappa shape index (κ1) is 12.4. The molecule has 0 spiro atoms. The van der Waals surface area contributed by atoms with Crippen LogP contribution in [-0.2, 0) is 11.3 Å². The van der Waals surface area contributed by atoms with Crippen molar-refractivity contribution in [2.24, 2.45) is 0 Å². The zero-order valence-electron chi connectivity index (χ0n) is 9.06. The van der Waals surface area contributed by atoms with Gasteiger partial charge in [0.05, 0.1) is 12.6 Å². The van der Waals surface area contributed by atoms with Crippen molar-refractivity contribution in [3.8, 4) is 0 Å². The van der Waals surface area contributed by atoms with E-state index in [1.54, 1.807) is 7.11 Å². The van der Waals surface area contributed by atoms with Crippen LogP contribution in [0.5, 0.6) is 0 Å². The van der Waals surface area contributed by atoms with E-state index in [-0.39, 0.29) is 12.6 Å². The van der Waals surface area contributed by atoms with E-state index < -0.39 is 0 Å². The number of aromatic nitrogens is 3. The van der Waals surface area contributed by atoms with Crippen molar-refractivity contribution < 1.29 is 9.84 Å². The van der Waals surface area contributed by atoms with Crippen LogP contribution in [0, 0.1) is 4.77 Å². The van der Waals surface area contributed by atoms with Gasteiger partial charge in [-0.25, -0.2) is 0 Å². The molecule has 6 heteroatoms. The Labute approximate surface area is 94.1 Å². The Morgan fingerprint density at radius 2 is 2.40 bits per heavy atom. The largest absolute Gasteiger partial charge is 0.388 e. The van der Waals surface area contributed by atoms with E-state index >= 15 is 0 Å². The molecule has 2 N–H and O–H groups in total. The summed E-state index contributed by atoms with van der Waals surface area (Å²) in [5.74, 6) is 0.565. The second-order valence-corrected chi connectivity index (χ2v) is 3.76. The lowest BCUT2D eigenvalue weighted by molar-refractivity contribution is 0.144. The highest BCUT2D eigenvalue weighted by molar-refractivity contribution is 7.71. The lowest BCUT2D eigenvalue weighted by Crippen LogP contribution is -2.17. The second-order valence-electron chi connectivity index (χ2n) is 3.37. The van der Waals surface area contributed by atoms with Gasteiger partial charge in [0.15, 0.2) is 10.6 Å². The number of methoxy groups -OCH3 is 1. The minimum atomic E-state index is -0.114. The smallest absolute Gasteiger partial charge is 0.195 e. The summed E-state index contributed by atoms with van der Waals surface area (Å²) in [4.78, 5) is 0. The summed E-state index contributed by atoms with van der Waals surface area (Å²) in [6.07, 6.45) is 1.99. The molecular weight excluding hydrogens is 214 g/mol. The van der Waals surface area contributed by atoms with Gasteiger partial charge in [0.1, 0.15) is 6.61 Å². The van der Waals surface area contributed by atoms with Crippen LogP contribution < -0.4 is 0 Å². The van der Waals surface area contributed by atoms with E-state index in [1.165, 1.54) is 0 Å². The van der Waals surface area contributed by atoms with Crippen LogP contribution in [0.1, 0.15) is 31.6 Å². The van der Waals surface area contributed by atoms with Gasteiger partial charge in [-0.1, -0.05) is 13.3 Å². The Morgan fingerprint density at radius 3 is 2.93 bits per heavy atom. The summed E-state index contributed by atoms with van der Waals surface area (Å²) in [6.45, 7) is 2.57. The first-order chi connectivity index (χ1) is 7.24. The van der Waals surface area contributed by atoms with Crippen molar-refractivity contribution in [1.82, 2.24) is 14.8 Å². The van der Waals surface area contributed by atoms with Crippen LogP contribution in [-0.4, -0.2) is 33.6 Å². The Balaban J connectivity index is 2.97. The van der Waals surface area contributed by atoms with Crippen molar-refractivity contribution in [3.63, 3.8) is 0 Å². The Hall–Kier alpha value is -0.720. The van der Waals surface area contributed by atoms with E-state index in [4.69, 9.17) is 22.1 Å². The topological polar surface area (TPSA) is 63.1 Å². The molecule has 0 amide bonds. The summed E-state index contributed by atoms with van der Waals surface area (Å²) in [5, 5.41) is 15.8. The number of rotatable bonds is 6. The molecule has 0 saturated heterocycles. The van der Waals surface area contributed by atoms with Crippen molar-refractivity contribution in [1.29, 1.82) is 0 Å². The summed E-state index contributed by atoms with van der Waals surface area (Å²) in [6, 6.07) is 0.147. The number of aliphatic hydroxyl groups is 1. The fourth-order valence-electron chi connectivity index (χ4n) is 1.64. The summed E-state index contributed by atoms with van der Waals surface area (Å²) in [7, 11) is 1.66. The van der Waals surface area contributed by atoms with Crippen LogP contribution in [0.3, 0.4) is 0 Å². The first-order valence-corrected chi connectivity index (χ1v) is 5.41. The third-order valence-electron chi connectivity index (χ3n) is 2.27. The maximum Gasteiger partial charge on any atom is 0.195 e. The maximum atomic E-state index is 9.13. The van der Waals surface area contributed by atoms with Gasteiger partial charge in [-0.2, -0.15) is 5.10 Å². The van der Waals surface area contributed by atoms with Crippen molar-refractivity contribution >= 4 is 12.2 Å². The Bertz CT molecular complexity index is 341. The predicted molar refractivity (Wildman–Crippen MR) is 59.2 cm³/mol. The molecule has 0 fully saturated rings. The summed E-state index contributed by atoms with van der Waals surface area (Å²) >= 11 is 5.12. The van der Waals surface area contributed by atoms with Crippen LogP contribution in [0.2, 0.25) is 0 Å². The standard InChI is InChI=1S/C9H17N3O2S/c1-3-4-7(6-14-2)12-8(5-13)10-11-9(12)15/h7,13H,3-6H2,1-2H3,(H,11,15). The fourth-order valence-corrected chi connectivity index (χ4v) is 1.94. The highest BCUT2D eigenvalue weighted by Crippen LogP contribution is 2.16. The summed E-state index contributed by atoms with van der Waals surface area (Å²) < 4.78 is 7.52. The molecule has 1 heterocycles. The third-order valence-corrected chi connectivity index (χ3v) is 2.55. The van der Waals surface area contributed by atoms with Gasteiger partial charge in [0.25, 0.3) is 0 Å². The van der Waals surface area contributed by atoms with Crippen molar-refractivity contribution in [2.75, 3.05) is 13.7 Å². The van der Waals surface area contributed by atoms with Crippen LogP contribution in [0.4, 0.5) is 0 Å². The normalized spacial score (nSPS) is 13.0. The molecule has 0 saturated carbocycles. The minimum absolute atomic E-state index is 0.114. The molecule has 1 rings (SSSR count). The van der Waals surface area contributed by atoms with E-state index in [1.807, 2.05) is 4.57 Å². The number of aromatic amines is 1. The molecule has 1 aromatic rings. The fraction of sp³-hybridized carbons (Fsp3) is 0.778. The van der Waals surface area contributed by atoms with E-state index in [2.05, 4.69) is 17.1 Å². The Morgan fingerprint density at radius 1 is 1.67 bits per heavy atom. The molecule has 1 aromatic heterocycles. The van der Waals surface area contributed by atoms with Gasteiger partial charge in [-0.05, 0) is 18.6 Å². The Kier molecular flexibility index (Phi) is 4.93. The van der Waals surface area contributed by atoms with Gasteiger partial charge in [0, 0.05) is 7.11 Å². The third kappa shape index (κ3) is 2.87. The molecule has 0 bridgehead atoms. The lowest BCUT2D eigenvalue weighted by atomic mass is 10.2. The van der Waals surface area contributed by atoms with Crippen LogP contribution in [0.15, 0.2) is 0 Å². The van der Waals surface area contributed by atoms with Crippen molar-refractivity contribution in [2.45, 2.75) is 32.4 Å². The highest BCUT2D eigenvalue weighted by atomic mass is 32.1. The molecule has 0 aliphatic heterocycles. The molecule has 0 radical (unpaired) electrons. The SMILES string of the molecule is CCCC(COC)n1c(CO)n[nH]c1=S. The number of ether oxygens (including phenoxy) is 1. The van der Waals surface area contributed by atoms with Gasteiger partial charge in [-0.15, -0.1) is 0 Å². The number of hydrogen-bond acceptors (Lipinski definition) is 4. The number of nitrogens with zero attached hydrogens (tertiary/aromatic N) is 2. The zero-order valence-corrected chi connectivity index (χ0v) is 9.88. The number of aliphatic hydroxyl groups excluding tert-OH is 1. The molecule has 0 aliphatic carbocycles. The van der Waals surface area contributed by atoms with E-state index in [9.17, 15) is 0 Å². The molecule has 0 aliphatic rings. The molecular formula is C9H17N3O2S. The van der Waals surface area contributed by atoms with Crippen LogP contribution in [0.25, 0.3) is 0 Å². The number of hydrogen-bond donors (Lipinski definition) is 2. The highest BCUT2D eigenvalue weighted by Gasteiger charge is 2.15. The number of nitrogens with one attached hydrogen (secondary N) is 1. The molecule has 1 atom stereocenters. The molecule has 86 valence electrons. The number of H-pyrrole nitrogens is 1. The maximum absolute atomic E-state index is 9.13. The van der Waals surface area contributed by atoms with Crippen LogP contribution >= 0.6 is 12.2 Å². The van der Waals surface area contributed by atoms with E-state index in [0.717, 1.165) is 12.8 Å². The second kappa shape index (κ2) is 5.99. The van der Waals surface area contributed by atoms with Gasteiger partial charge in [-0.3, -0.25) is 9.67 Å². The quantitative estimate of drug-likeness (QED) is 0.727. The monoisotopic (exact) mass is 231 g/mol. The molecule has 15 heavy (non-hydrogen) atoms. The zero-order chi connectivity index (χ0) is 11.3.